The van der Waals surface area contributed by atoms with Gasteiger partial charge in [0.1, 0.15) is 0 Å². The van der Waals surface area contributed by atoms with E-state index < -0.39 is 5.82 Å². The Bertz CT molecular complexity index is 827. The number of carbonyl (C=O) groups excluding carboxylic acids is 1. The number of amides is 1. The van der Waals surface area contributed by atoms with Gasteiger partial charge in [-0.05, 0) is 54.1 Å². The first-order chi connectivity index (χ1) is 11.7. The summed E-state index contributed by atoms with van der Waals surface area (Å²) in [6, 6.07) is 15.8. The van der Waals surface area contributed by atoms with E-state index in [-0.39, 0.29) is 18.2 Å². The molecule has 0 bridgehead atoms. The molecule has 0 atom stereocenters. The molecule has 1 heterocycles. The normalized spacial score (nSPS) is 10.4. The van der Waals surface area contributed by atoms with Crippen LogP contribution in [0.5, 0.6) is 5.75 Å². The van der Waals surface area contributed by atoms with Gasteiger partial charge in [0.05, 0.1) is 7.11 Å². The van der Waals surface area contributed by atoms with Crippen LogP contribution in [0.1, 0.15) is 15.9 Å². The van der Waals surface area contributed by atoms with E-state index in [1.807, 2.05) is 41.2 Å². The molecule has 1 N–H and O–H groups in total. The van der Waals surface area contributed by atoms with Gasteiger partial charge >= 0.3 is 0 Å². The second kappa shape index (κ2) is 7.00. The largest absolute Gasteiger partial charge is 0.494 e. The van der Waals surface area contributed by atoms with Gasteiger partial charge in [-0.15, -0.1) is 0 Å². The van der Waals surface area contributed by atoms with Crippen molar-refractivity contribution in [1.29, 1.82) is 0 Å². The van der Waals surface area contributed by atoms with Crippen molar-refractivity contribution in [2.45, 2.75) is 6.54 Å². The zero-order valence-electron chi connectivity index (χ0n) is 13.2. The first-order valence-electron chi connectivity index (χ1n) is 7.51. The number of aromatic nitrogens is 1. The van der Waals surface area contributed by atoms with Crippen LogP contribution in [0, 0.1) is 5.82 Å². The lowest BCUT2D eigenvalue weighted by atomic mass is 10.1. The van der Waals surface area contributed by atoms with Crippen LogP contribution in [0.2, 0.25) is 0 Å². The van der Waals surface area contributed by atoms with Crippen molar-refractivity contribution in [3.63, 3.8) is 0 Å². The summed E-state index contributed by atoms with van der Waals surface area (Å²) >= 11 is 0. The number of benzene rings is 2. The van der Waals surface area contributed by atoms with Gasteiger partial charge in [0, 0.05) is 30.2 Å². The van der Waals surface area contributed by atoms with E-state index >= 15 is 0 Å². The van der Waals surface area contributed by atoms with Gasteiger partial charge < -0.3 is 14.6 Å². The quantitative estimate of drug-likeness (QED) is 0.780. The molecule has 2 aromatic carbocycles. The second-order valence-electron chi connectivity index (χ2n) is 5.29. The Morgan fingerprint density at radius 2 is 1.83 bits per heavy atom. The molecule has 0 radical (unpaired) electrons. The van der Waals surface area contributed by atoms with Crippen molar-refractivity contribution in [1.82, 2.24) is 9.88 Å². The summed E-state index contributed by atoms with van der Waals surface area (Å²) < 4.78 is 20.5. The highest BCUT2D eigenvalue weighted by atomic mass is 19.1. The molecule has 0 aliphatic rings. The molecular formula is C19H17FN2O2. The summed E-state index contributed by atoms with van der Waals surface area (Å²) in [5.41, 5.74) is 2.21. The molecular weight excluding hydrogens is 307 g/mol. The van der Waals surface area contributed by atoms with E-state index in [2.05, 4.69) is 5.32 Å². The number of hydrogen-bond acceptors (Lipinski definition) is 2. The Hall–Kier alpha value is -3.08. The summed E-state index contributed by atoms with van der Waals surface area (Å²) in [5, 5.41) is 2.78. The molecule has 24 heavy (non-hydrogen) atoms. The van der Waals surface area contributed by atoms with E-state index in [0.717, 1.165) is 5.69 Å². The number of rotatable bonds is 5. The first kappa shape index (κ1) is 15.8. The van der Waals surface area contributed by atoms with E-state index in [1.165, 1.54) is 13.2 Å². The van der Waals surface area contributed by atoms with Crippen LogP contribution in [-0.2, 0) is 6.54 Å². The molecule has 1 amide bonds. The minimum absolute atomic E-state index is 0.186. The number of nitrogens with one attached hydrogen (secondary N) is 1. The van der Waals surface area contributed by atoms with Crippen LogP contribution in [0.3, 0.4) is 0 Å². The average molecular weight is 324 g/mol. The number of methoxy groups -OCH3 is 1. The molecule has 4 nitrogen and oxygen atoms in total. The molecule has 0 spiro atoms. The Labute approximate surface area is 139 Å². The first-order valence-corrected chi connectivity index (χ1v) is 7.51. The van der Waals surface area contributed by atoms with Gasteiger partial charge in [-0.2, -0.15) is 0 Å². The topological polar surface area (TPSA) is 43.3 Å². The highest BCUT2D eigenvalue weighted by Gasteiger charge is 2.07. The van der Waals surface area contributed by atoms with Crippen LogP contribution in [0.15, 0.2) is 67.0 Å². The Kier molecular flexibility index (Phi) is 4.61. The maximum atomic E-state index is 13.6. The summed E-state index contributed by atoms with van der Waals surface area (Å²) in [4.78, 5) is 12.2. The smallest absolute Gasteiger partial charge is 0.251 e. The highest BCUT2D eigenvalue weighted by molar-refractivity contribution is 5.94. The number of halogens is 1. The fraction of sp³-hybridized carbons (Fsp3) is 0.105. The van der Waals surface area contributed by atoms with Gasteiger partial charge in [0.2, 0.25) is 0 Å². The summed E-state index contributed by atoms with van der Waals surface area (Å²) in [6.07, 6.45) is 3.88. The number of ether oxygens (including phenoxy) is 1. The van der Waals surface area contributed by atoms with Crippen molar-refractivity contribution < 1.29 is 13.9 Å². The van der Waals surface area contributed by atoms with Crippen LogP contribution >= 0.6 is 0 Å². The Balaban J connectivity index is 1.63. The molecule has 1 aromatic heterocycles. The standard InChI is InChI=1S/C19H17FN2O2/c1-24-18-9-4-14(12-17(18)20)13-21-19(23)15-5-7-16(8-6-15)22-10-2-3-11-22/h2-12H,13H2,1H3,(H,21,23). The molecule has 3 aromatic rings. The third-order valence-electron chi connectivity index (χ3n) is 3.70. The van der Waals surface area contributed by atoms with Gasteiger partial charge in [-0.3, -0.25) is 4.79 Å². The second-order valence-corrected chi connectivity index (χ2v) is 5.29. The zero-order valence-corrected chi connectivity index (χ0v) is 13.2. The number of nitrogens with zero attached hydrogens (tertiary/aromatic N) is 1. The van der Waals surface area contributed by atoms with E-state index in [1.54, 1.807) is 24.3 Å². The Morgan fingerprint density at radius 3 is 2.46 bits per heavy atom. The molecule has 0 saturated carbocycles. The molecule has 0 aliphatic carbocycles. The predicted octanol–water partition coefficient (Wildman–Crippen LogP) is 3.56. The van der Waals surface area contributed by atoms with Crippen molar-refractivity contribution in [3.8, 4) is 11.4 Å². The molecule has 5 heteroatoms. The lowest BCUT2D eigenvalue weighted by Gasteiger charge is -2.08. The maximum absolute atomic E-state index is 13.6. The third kappa shape index (κ3) is 3.46. The highest BCUT2D eigenvalue weighted by Crippen LogP contribution is 2.17. The lowest BCUT2D eigenvalue weighted by Crippen LogP contribution is -2.22. The molecule has 3 rings (SSSR count). The van der Waals surface area contributed by atoms with Crippen molar-refractivity contribution in [2.24, 2.45) is 0 Å². The summed E-state index contributed by atoms with van der Waals surface area (Å²) in [7, 11) is 1.41. The summed E-state index contributed by atoms with van der Waals surface area (Å²) in [5.74, 6) is -0.462. The fourth-order valence-electron chi connectivity index (χ4n) is 2.40. The molecule has 0 unspecified atom stereocenters. The molecule has 122 valence electrons. The molecule has 0 fully saturated rings. The van der Waals surface area contributed by atoms with Gasteiger partial charge in [-0.1, -0.05) is 6.07 Å². The fourth-order valence-corrected chi connectivity index (χ4v) is 2.40. The van der Waals surface area contributed by atoms with Crippen LogP contribution in [0.4, 0.5) is 4.39 Å². The lowest BCUT2D eigenvalue weighted by molar-refractivity contribution is 0.0951. The maximum Gasteiger partial charge on any atom is 0.251 e. The summed E-state index contributed by atoms with van der Waals surface area (Å²) in [6.45, 7) is 0.249. The molecule has 0 saturated heterocycles. The van der Waals surface area contributed by atoms with E-state index in [0.29, 0.717) is 11.1 Å². The number of carbonyl (C=O) groups is 1. The van der Waals surface area contributed by atoms with E-state index in [9.17, 15) is 9.18 Å². The van der Waals surface area contributed by atoms with Crippen LogP contribution < -0.4 is 10.1 Å². The average Bonchev–Trinajstić information content (AvgIpc) is 3.14. The van der Waals surface area contributed by atoms with Crippen molar-refractivity contribution in [2.75, 3.05) is 7.11 Å². The van der Waals surface area contributed by atoms with Crippen LogP contribution in [-0.4, -0.2) is 17.6 Å². The Morgan fingerprint density at radius 1 is 1.12 bits per heavy atom. The van der Waals surface area contributed by atoms with Gasteiger partial charge in [0.15, 0.2) is 11.6 Å². The minimum atomic E-state index is -0.444. The molecule has 0 aliphatic heterocycles. The minimum Gasteiger partial charge on any atom is -0.494 e. The van der Waals surface area contributed by atoms with E-state index in [4.69, 9.17) is 4.74 Å². The van der Waals surface area contributed by atoms with Crippen molar-refractivity contribution >= 4 is 5.91 Å². The predicted molar refractivity (Wildman–Crippen MR) is 89.9 cm³/mol. The number of hydrogen-bond donors (Lipinski definition) is 1. The SMILES string of the molecule is COc1ccc(CNC(=O)c2ccc(-n3cccc3)cc2)cc1F. The third-order valence-corrected chi connectivity index (χ3v) is 3.70. The van der Waals surface area contributed by atoms with Crippen LogP contribution in [0.25, 0.3) is 5.69 Å². The van der Waals surface area contributed by atoms with Crippen molar-refractivity contribution in [3.05, 3.63) is 83.9 Å². The van der Waals surface area contributed by atoms with Gasteiger partial charge in [0.25, 0.3) is 5.91 Å². The monoisotopic (exact) mass is 324 g/mol. The zero-order chi connectivity index (χ0) is 16.9. The van der Waals surface area contributed by atoms with Gasteiger partial charge in [-0.25, -0.2) is 4.39 Å².